The van der Waals surface area contributed by atoms with Crippen LogP contribution < -0.4 is 9.47 Å². The Morgan fingerprint density at radius 3 is 2.37 bits per heavy atom. The molecule has 0 atom stereocenters. The van der Waals surface area contributed by atoms with Crippen LogP contribution in [-0.4, -0.2) is 97.9 Å². The van der Waals surface area contributed by atoms with E-state index in [1.165, 1.54) is 18.2 Å². The minimum atomic E-state index is -4.02. The topological polar surface area (TPSA) is 208 Å². The van der Waals surface area contributed by atoms with E-state index in [1.54, 1.807) is 31.6 Å². The first-order chi connectivity index (χ1) is 20.6. The molecular formula is C30H38ClFN4O9S. The van der Waals surface area contributed by atoms with Crippen molar-refractivity contribution in [3.8, 4) is 11.5 Å². The number of hydrogen-bond acceptors (Lipinski definition) is 9. The van der Waals surface area contributed by atoms with Crippen LogP contribution >= 0.6 is 11.6 Å². The largest absolute Gasteiger partial charge is 0.493 e. The lowest BCUT2D eigenvalue weighted by molar-refractivity contribution is 0.0357. The second-order valence-electron chi connectivity index (χ2n) is 10.1. The van der Waals surface area contributed by atoms with Gasteiger partial charge in [-0.05, 0) is 43.7 Å². The Bertz CT molecular complexity index is 1650. The van der Waals surface area contributed by atoms with Gasteiger partial charge >= 0.3 is 0 Å². The highest BCUT2D eigenvalue weighted by Crippen LogP contribution is 2.41. The second kappa shape index (κ2) is 16.8. The summed E-state index contributed by atoms with van der Waals surface area (Å²) in [4.78, 5) is 13.5. The van der Waals surface area contributed by atoms with Gasteiger partial charge in [0.1, 0.15) is 11.7 Å². The number of fused-ring (bicyclic) bond motifs is 4. The predicted octanol–water partition coefficient (Wildman–Crippen LogP) is 2.92. The van der Waals surface area contributed by atoms with Gasteiger partial charge in [-0.1, -0.05) is 29.3 Å². The molecule has 0 aromatic heterocycles. The first-order valence-electron chi connectivity index (χ1n) is 13.7. The molecule has 0 unspecified atom stereocenters. The summed E-state index contributed by atoms with van der Waals surface area (Å²) in [5, 5.41) is 0.100. The van der Waals surface area contributed by atoms with Gasteiger partial charge in [0.2, 0.25) is 0 Å². The van der Waals surface area contributed by atoms with Crippen LogP contribution in [0.1, 0.15) is 23.1 Å². The highest BCUT2D eigenvalue weighted by Gasteiger charge is 2.28. The molecule has 3 heterocycles. The van der Waals surface area contributed by atoms with Crippen LogP contribution in [-0.2, 0) is 21.4 Å². The van der Waals surface area contributed by atoms with Gasteiger partial charge in [-0.3, -0.25) is 9.45 Å². The maximum atomic E-state index is 13.9. The zero-order valence-electron chi connectivity index (χ0n) is 25.3. The summed E-state index contributed by atoms with van der Waals surface area (Å²) in [7, 11) is -2.40. The SMILES string of the molecule is COc1cc2c(cc1OCCCN1CCOCC1)C1=Nc3ccc(F)c(Cl)c3CN1C=N2.Cc1ccc(S(=O)(=O)O)cc1.O.O.O. The highest BCUT2D eigenvalue weighted by atomic mass is 35.5. The molecule has 6 rings (SSSR count). The van der Waals surface area contributed by atoms with Crippen LogP contribution in [0.5, 0.6) is 11.5 Å². The maximum Gasteiger partial charge on any atom is 0.294 e. The van der Waals surface area contributed by atoms with Crippen LogP contribution in [0.15, 0.2) is 63.4 Å². The van der Waals surface area contributed by atoms with Gasteiger partial charge in [-0.25, -0.2) is 14.4 Å². The second-order valence-corrected chi connectivity index (χ2v) is 11.9. The standard InChI is InChI=1S/C23H24ClFN4O3.C7H8O3S.3H2O/c1-30-20-12-19-15(11-21(20)32-8-2-5-28-6-9-31-10-7-28)23-27-18-4-3-17(25)22(24)16(18)13-29(23)14-26-19;1-6-2-4-7(5-3-6)11(8,9)10;;;/h3-4,11-12,14H,2,5-10,13H2,1H3;2-5H,1H3,(H,8,9,10);3*1H2. The molecule has 7 N–H and O–H groups in total. The van der Waals surface area contributed by atoms with E-state index in [0.717, 1.165) is 61.9 Å². The van der Waals surface area contributed by atoms with Gasteiger partial charge in [0.25, 0.3) is 10.1 Å². The van der Waals surface area contributed by atoms with Crippen molar-refractivity contribution in [1.29, 1.82) is 0 Å². The molecule has 1 saturated heterocycles. The third kappa shape index (κ3) is 8.98. The molecule has 13 nitrogen and oxygen atoms in total. The van der Waals surface area contributed by atoms with E-state index in [4.69, 9.17) is 35.4 Å². The molecule has 3 aliphatic heterocycles. The average Bonchev–Trinajstić information content (AvgIpc) is 3.00. The van der Waals surface area contributed by atoms with Crippen molar-refractivity contribution in [2.24, 2.45) is 9.98 Å². The molecular weight excluding hydrogens is 647 g/mol. The summed E-state index contributed by atoms with van der Waals surface area (Å²) in [6.07, 6.45) is 2.59. The molecule has 0 amide bonds. The number of morpholine rings is 1. The molecule has 3 aromatic rings. The molecule has 3 aliphatic rings. The Kier molecular flexibility index (Phi) is 14.0. The summed E-state index contributed by atoms with van der Waals surface area (Å²) in [6, 6.07) is 12.8. The molecule has 1 fully saturated rings. The third-order valence-electron chi connectivity index (χ3n) is 7.16. The number of aliphatic imine (C=N–C) groups is 2. The number of hydrogen-bond donors (Lipinski definition) is 1. The van der Waals surface area contributed by atoms with Crippen LogP contribution in [0, 0.1) is 12.7 Å². The molecule has 16 heteroatoms. The van der Waals surface area contributed by atoms with Crippen molar-refractivity contribution < 1.29 is 48.0 Å². The molecule has 0 spiro atoms. The summed E-state index contributed by atoms with van der Waals surface area (Å²) in [5.74, 6) is 1.56. The molecule has 0 aliphatic carbocycles. The first-order valence-corrected chi connectivity index (χ1v) is 15.5. The lowest BCUT2D eigenvalue weighted by Crippen LogP contribution is -2.37. The Hall–Kier alpha value is -3.67. The normalized spacial score (nSPS) is 14.8. The van der Waals surface area contributed by atoms with Gasteiger partial charge < -0.3 is 35.5 Å². The summed E-state index contributed by atoms with van der Waals surface area (Å²) < 4.78 is 60.5. The summed E-state index contributed by atoms with van der Waals surface area (Å²) >= 11 is 6.17. The molecule has 0 saturated carbocycles. The van der Waals surface area contributed by atoms with E-state index >= 15 is 0 Å². The van der Waals surface area contributed by atoms with Crippen molar-refractivity contribution in [1.82, 2.24) is 9.80 Å². The number of benzene rings is 3. The summed E-state index contributed by atoms with van der Waals surface area (Å²) in [5.41, 5.74) is 3.85. The fraction of sp³-hybridized carbons (Fsp3) is 0.333. The monoisotopic (exact) mass is 684 g/mol. The van der Waals surface area contributed by atoms with Gasteiger partial charge in [-0.15, -0.1) is 0 Å². The van der Waals surface area contributed by atoms with Crippen molar-refractivity contribution >= 4 is 45.3 Å². The molecule has 0 bridgehead atoms. The number of halogens is 2. The van der Waals surface area contributed by atoms with Crippen LogP contribution in [0.3, 0.4) is 0 Å². The first kappa shape index (κ1) is 38.5. The minimum absolute atomic E-state index is 0. The molecule has 3 aromatic carbocycles. The quantitative estimate of drug-likeness (QED) is 0.288. The van der Waals surface area contributed by atoms with E-state index in [0.29, 0.717) is 35.9 Å². The number of methoxy groups -OCH3 is 1. The smallest absolute Gasteiger partial charge is 0.294 e. The van der Waals surface area contributed by atoms with E-state index < -0.39 is 15.9 Å². The number of rotatable bonds is 7. The van der Waals surface area contributed by atoms with E-state index in [-0.39, 0.29) is 26.3 Å². The maximum absolute atomic E-state index is 13.9. The molecule has 46 heavy (non-hydrogen) atoms. The minimum Gasteiger partial charge on any atom is -0.493 e. The van der Waals surface area contributed by atoms with Crippen molar-refractivity contribution in [2.45, 2.75) is 24.8 Å². The Balaban J connectivity index is 0.000000452. The Labute approximate surface area is 271 Å². The van der Waals surface area contributed by atoms with Crippen LogP contribution in [0.2, 0.25) is 5.02 Å². The van der Waals surface area contributed by atoms with E-state index in [1.807, 2.05) is 24.0 Å². The van der Waals surface area contributed by atoms with Gasteiger partial charge in [-0.2, -0.15) is 8.42 Å². The Morgan fingerprint density at radius 2 is 1.72 bits per heavy atom. The fourth-order valence-corrected chi connectivity index (χ4v) is 5.52. The number of amidine groups is 1. The fourth-order valence-electron chi connectivity index (χ4n) is 4.82. The number of aryl methyl sites for hydroxylation is 1. The Morgan fingerprint density at radius 1 is 1.02 bits per heavy atom. The van der Waals surface area contributed by atoms with Gasteiger partial charge in [0.15, 0.2) is 11.5 Å². The van der Waals surface area contributed by atoms with E-state index in [9.17, 15) is 12.8 Å². The van der Waals surface area contributed by atoms with Crippen LogP contribution in [0.25, 0.3) is 0 Å². The number of ether oxygens (including phenoxy) is 3. The zero-order valence-corrected chi connectivity index (χ0v) is 26.9. The van der Waals surface area contributed by atoms with Crippen molar-refractivity contribution in [3.63, 3.8) is 0 Å². The van der Waals surface area contributed by atoms with Crippen molar-refractivity contribution in [3.05, 3.63) is 76.1 Å². The van der Waals surface area contributed by atoms with E-state index in [2.05, 4.69) is 9.89 Å². The molecule has 252 valence electrons. The lowest BCUT2D eigenvalue weighted by atomic mass is 10.0. The highest BCUT2D eigenvalue weighted by molar-refractivity contribution is 7.85. The van der Waals surface area contributed by atoms with Crippen molar-refractivity contribution in [2.75, 3.05) is 46.6 Å². The third-order valence-corrected chi connectivity index (χ3v) is 8.43. The molecule has 0 radical (unpaired) electrons. The average molecular weight is 685 g/mol. The van der Waals surface area contributed by atoms with Crippen LogP contribution in [0.4, 0.5) is 15.8 Å². The lowest BCUT2D eigenvalue weighted by Gasteiger charge is -2.31. The predicted molar refractivity (Wildman–Crippen MR) is 174 cm³/mol. The summed E-state index contributed by atoms with van der Waals surface area (Å²) in [6.45, 7) is 7.29. The van der Waals surface area contributed by atoms with Gasteiger partial charge in [0, 0.05) is 36.8 Å². The van der Waals surface area contributed by atoms with Gasteiger partial charge in [0.05, 0.1) is 61.1 Å². The number of nitrogens with zero attached hydrogens (tertiary/aromatic N) is 4. The zero-order chi connectivity index (χ0) is 30.6.